The van der Waals surface area contributed by atoms with E-state index in [1.165, 1.54) is 37.8 Å². The van der Waals surface area contributed by atoms with Crippen molar-refractivity contribution in [1.82, 2.24) is 0 Å². The summed E-state index contributed by atoms with van der Waals surface area (Å²) in [6, 6.07) is 2.59. The van der Waals surface area contributed by atoms with Gasteiger partial charge in [-0.1, -0.05) is 39.5 Å². The van der Waals surface area contributed by atoms with Gasteiger partial charge in [0, 0.05) is 0 Å². The topological polar surface area (TPSA) is 0 Å². The Kier molecular flexibility index (Phi) is 3.40. The van der Waals surface area contributed by atoms with Crippen molar-refractivity contribution in [2.24, 2.45) is 0 Å². The number of hydrogen-bond donors (Lipinski definition) is 0. The molecule has 0 N–H and O–H groups in total. The summed E-state index contributed by atoms with van der Waals surface area (Å²) in [4.78, 5) is 0. The average Bonchev–Trinajstić information content (AvgIpc) is 2.62. The minimum absolute atomic E-state index is 0.956. The molecule has 0 nitrogen and oxygen atoms in total. The molecule has 1 aliphatic carbocycles. The van der Waals surface area contributed by atoms with Crippen molar-refractivity contribution in [1.29, 1.82) is 0 Å². The van der Waals surface area contributed by atoms with Gasteiger partial charge in [-0.25, -0.2) is 0 Å². The summed E-state index contributed by atoms with van der Waals surface area (Å²) in [5, 5.41) is 0. The third kappa shape index (κ3) is 1.59. The zero-order chi connectivity index (χ0) is 9.03. The molecule has 12 heavy (non-hydrogen) atoms. The fourth-order valence-electron chi connectivity index (χ4n) is 2.63. The van der Waals surface area contributed by atoms with E-state index in [0.29, 0.717) is 0 Å². The molecule has 1 aliphatic rings. The fourth-order valence-corrected chi connectivity index (χ4v) is 6.44. The van der Waals surface area contributed by atoms with E-state index in [1.54, 1.807) is 0 Å². The first kappa shape index (κ1) is 9.86. The van der Waals surface area contributed by atoms with Crippen molar-refractivity contribution in [3.63, 3.8) is 0 Å². The summed E-state index contributed by atoms with van der Waals surface area (Å²) in [6.07, 6.45) is 11.4. The van der Waals surface area contributed by atoms with Crippen molar-refractivity contribution in [3.05, 3.63) is 0 Å². The van der Waals surface area contributed by atoms with Crippen LogP contribution in [0.2, 0.25) is 17.6 Å². The molecular weight excluding hydrogens is 160 g/mol. The van der Waals surface area contributed by atoms with Crippen LogP contribution in [0.5, 0.6) is 0 Å². The van der Waals surface area contributed by atoms with Crippen LogP contribution in [-0.4, -0.2) is 8.07 Å². The highest BCUT2D eigenvalue weighted by Crippen LogP contribution is 2.41. The van der Waals surface area contributed by atoms with Gasteiger partial charge >= 0.3 is 0 Å². The van der Waals surface area contributed by atoms with Gasteiger partial charge < -0.3 is 0 Å². The first-order valence-corrected chi connectivity index (χ1v) is 7.76. The van der Waals surface area contributed by atoms with Crippen LogP contribution >= 0.6 is 0 Å². The Labute approximate surface area is 77.8 Å². The molecule has 0 atom stereocenters. The number of hydrogen-bond acceptors (Lipinski definition) is 0. The third-order valence-corrected chi connectivity index (χ3v) is 8.92. The molecule has 1 saturated carbocycles. The monoisotopic (exact) mass is 180 g/mol. The maximum Gasteiger partial charge on any atom is 0.140 e. The summed E-state index contributed by atoms with van der Waals surface area (Å²) in [5.74, 6) is 0. The van der Waals surface area contributed by atoms with Gasteiger partial charge in [0.1, 0.15) is 8.07 Å². The quantitative estimate of drug-likeness (QED) is 0.460. The van der Waals surface area contributed by atoms with Crippen molar-refractivity contribution in [3.8, 4) is 12.0 Å². The molecule has 0 bridgehead atoms. The van der Waals surface area contributed by atoms with Gasteiger partial charge in [-0.05, 0) is 17.6 Å². The average molecular weight is 180 g/mol. The fraction of sp³-hybridized carbons (Fsp3) is 0.818. The Morgan fingerprint density at radius 1 is 1.25 bits per heavy atom. The number of rotatable bonds is 3. The van der Waals surface area contributed by atoms with Gasteiger partial charge in [0.25, 0.3) is 0 Å². The van der Waals surface area contributed by atoms with E-state index in [1.807, 2.05) is 0 Å². The Bertz CT molecular complexity index is 168. The molecule has 0 spiro atoms. The Balaban J connectivity index is 2.70. The molecule has 1 heteroatoms. The van der Waals surface area contributed by atoms with Gasteiger partial charge in [0.2, 0.25) is 0 Å². The second-order valence-electron chi connectivity index (χ2n) is 3.99. The highest BCUT2D eigenvalue weighted by atomic mass is 28.3. The van der Waals surface area contributed by atoms with Crippen molar-refractivity contribution < 1.29 is 0 Å². The molecule has 0 aliphatic heterocycles. The summed E-state index contributed by atoms with van der Waals surface area (Å²) < 4.78 is 0. The van der Waals surface area contributed by atoms with Crippen LogP contribution in [0.15, 0.2) is 0 Å². The molecule has 0 saturated heterocycles. The van der Waals surface area contributed by atoms with Gasteiger partial charge in [-0.2, -0.15) is 0 Å². The van der Waals surface area contributed by atoms with E-state index in [4.69, 9.17) is 6.42 Å². The normalized spacial score (nSPS) is 19.4. The first-order chi connectivity index (χ1) is 5.79. The van der Waals surface area contributed by atoms with Crippen LogP contribution in [0.4, 0.5) is 0 Å². The Morgan fingerprint density at radius 2 is 1.75 bits per heavy atom. The van der Waals surface area contributed by atoms with E-state index in [2.05, 4.69) is 19.4 Å². The lowest BCUT2D eigenvalue weighted by Crippen LogP contribution is -2.35. The summed E-state index contributed by atoms with van der Waals surface area (Å²) >= 11 is 0. The van der Waals surface area contributed by atoms with E-state index < -0.39 is 8.07 Å². The summed E-state index contributed by atoms with van der Waals surface area (Å²) in [6.45, 7) is 4.60. The van der Waals surface area contributed by atoms with E-state index >= 15 is 0 Å². The highest BCUT2D eigenvalue weighted by Gasteiger charge is 2.37. The second-order valence-corrected chi connectivity index (χ2v) is 8.82. The van der Waals surface area contributed by atoms with Gasteiger partial charge in [0.15, 0.2) is 0 Å². The summed E-state index contributed by atoms with van der Waals surface area (Å²) in [5.41, 5.74) is 4.15. The molecule has 0 heterocycles. The molecule has 1 fully saturated rings. The van der Waals surface area contributed by atoms with Crippen molar-refractivity contribution >= 4 is 8.07 Å². The highest BCUT2D eigenvalue weighted by molar-refractivity contribution is 6.88. The molecule has 1 rings (SSSR count). The largest absolute Gasteiger partial charge is 0.140 e. The molecule has 0 aromatic rings. The lowest BCUT2D eigenvalue weighted by Gasteiger charge is -2.29. The maximum atomic E-state index is 5.72. The smallest absolute Gasteiger partial charge is 0.134 e. The lowest BCUT2D eigenvalue weighted by atomic mass is 10.4. The van der Waals surface area contributed by atoms with E-state index in [-0.39, 0.29) is 0 Å². The standard InChI is InChI=1S/C11H20Si/c1-4-12(5-2,6-3)11-9-7-8-10-11/h1,11H,5-10H2,2-3H3. The van der Waals surface area contributed by atoms with E-state index in [0.717, 1.165) is 5.54 Å². The molecule has 0 aromatic carbocycles. The van der Waals surface area contributed by atoms with Crippen LogP contribution in [0.3, 0.4) is 0 Å². The molecule has 0 aromatic heterocycles. The Hall–Kier alpha value is -0.223. The number of terminal acetylenes is 1. The van der Waals surface area contributed by atoms with Crippen LogP contribution < -0.4 is 0 Å². The van der Waals surface area contributed by atoms with Crippen LogP contribution in [0.25, 0.3) is 0 Å². The summed E-state index contributed by atoms with van der Waals surface area (Å²) in [7, 11) is -1.26. The molecule has 0 radical (unpaired) electrons. The maximum absolute atomic E-state index is 5.72. The van der Waals surface area contributed by atoms with Crippen molar-refractivity contribution in [2.75, 3.05) is 0 Å². The van der Waals surface area contributed by atoms with Crippen LogP contribution in [0.1, 0.15) is 39.5 Å². The van der Waals surface area contributed by atoms with Crippen LogP contribution in [-0.2, 0) is 0 Å². The Morgan fingerprint density at radius 3 is 2.08 bits per heavy atom. The zero-order valence-corrected chi connectivity index (χ0v) is 9.40. The van der Waals surface area contributed by atoms with Gasteiger partial charge in [-0.3, -0.25) is 0 Å². The second kappa shape index (κ2) is 4.14. The predicted octanol–water partition coefficient (Wildman–Crippen LogP) is 3.59. The first-order valence-electron chi connectivity index (χ1n) is 5.27. The molecular formula is C11H20Si. The molecule has 68 valence electrons. The minimum atomic E-state index is -1.26. The van der Waals surface area contributed by atoms with Crippen molar-refractivity contribution in [2.45, 2.75) is 57.2 Å². The SMILES string of the molecule is C#C[Si](CC)(CC)C1CCCC1. The zero-order valence-electron chi connectivity index (χ0n) is 8.40. The molecule has 0 amide bonds. The van der Waals surface area contributed by atoms with E-state index in [9.17, 15) is 0 Å². The molecule has 0 unspecified atom stereocenters. The predicted molar refractivity (Wildman–Crippen MR) is 57.8 cm³/mol. The van der Waals surface area contributed by atoms with Gasteiger partial charge in [-0.15, -0.1) is 12.0 Å². The van der Waals surface area contributed by atoms with Crippen LogP contribution in [0, 0.1) is 12.0 Å². The minimum Gasteiger partial charge on any atom is -0.134 e. The van der Waals surface area contributed by atoms with Gasteiger partial charge in [0.05, 0.1) is 0 Å². The lowest BCUT2D eigenvalue weighted by molar-refractivity contribution is 0.827. The third-order valence-electron chi connectivity index (χ3n) is 3.69.